The van der Waals surface area contributed by atoms with Crippen LogP contribution in [0.1, 0.15) is 18.4 Å². The minimum Gasteiger partial charge on any atom is -0.303 e. The second-order valence-corrected chi connectivity index (χ2v) is 4.11. The van der Waals surface area contributed by atoms with Crippen LogP contribution < -0.4 is 0 Å². The molecule has 0 saturated carbocycles. The predicted octanol–water partition coefficient (Wildman–Crippen LogP) is 2.46. The third-order valence-corrected chi connectivity index (χ3v) is 3.03. The first-order valence-electron chi connectivity index (χ1n) is 5.20. The van der Waals surface area contributed by atoms with Crippen LogP contribution in [0.4, 0.5) is 4.39 Å². The van der Waals surface area contributed by atoms with Crippen molar-refractivity contribution in [2.75, 3.05) is 13.6 Å². The molecule has 14 heavy (non-hydrogen) atoms. The minimum atomic E-state index is -0.122. The lowest BCUT2D eigenvalue weighted by Crippen LogP contribution is -2.26. The Bertz CT molecular complexity index is 311. The highest BCUT2D eigenvalue weighted by Gasteiger charge is 2.20. The van der Waals surface area contributed by atoms with Gasteiger partial charge in [0.15, 0.2) is 0 Å². The van der Waals surface area contributed by atoms with Crippen LogP contribution in [0.25, 0.3) is 0 Å². The van der Waals surface area contributed by atoms with E-state index in [9.17, 15) is 4.39 Å². The topological polar surface area (TPSA) is 3.24 Å². The van der Waals surface area contributed by atoms with Crippen LogP contribution in [0, 0.1) is 5.82 Å². The van der Waals surface area contributed by atoms with Gasteiger partial charge >= 0.3 is 0 Å². The molecule has 1 aromatic rings. The van der Waals surface area contributed by atoms with E-state index >= 15 is 0 Å². The van der Waals surface area contributed by atoms with Crippen molar-refractivity contribution in [1.82, 2.24) is 4.90 Å². The van der Waals surface area contributed by atoms with E-state index in [0.29, 0.717) is 6.04 Å². The fourth-order valence-electron chi connectivity index (χ4n) is 2.17. The Morgan fingerprint density at radius 3 is 3.00 bits per heavy atom. The summed E-state index contributed by atoms with van der Waals surface area (Å²) in [6.45, 7) is 1.18. The first-order chi connectivity index (χ1) is 6.75. The highest BCUT2D eigenvalue weighted by molar-refractivity contribution is 5.17. The van der Waals surface area contributed by atoms with Crippen LogP contribution in [0.2, 0.25) is 0 Å². The Balaban J connectivity index is 2.03. The van der Waals surface area contributed by atoms with Crippen molar-refractivity contribution < 1.29 is 4.39 Å². The first-order valence-corrected chi connectivity index (χ1v) is 5.20. The molecule has 0 amide bonds. The lowest BCUT2D eigenvalue weighted by Gasteiger charge is -2.19. The van der Waals surface area contributed by atoms with Crippen molar-refractivity contribution in [2.24, 2.45) is 0 Å². The summed E-state index contributed by atoms with van der Waals surface area (Å²) in [5, 5.41) is 0. The van der Waals surface area contributed by atoms with E-state index in [0.717, 1.165) is 12.0 Å². The van der Waals surface area contributed by atoms with E-state index in [-0.39, 0.29) is 5.82 Å². The standard InChI is InChI=1S/C12H16FN/c1-14-7-3-6-12(14)9-10-4-2-5-11(13)8-10/h2,4-5,8,12H,3,6-7,9H2,1H3. The lowest BCUT2D eigenvalue weighted by molar-refractivity contribution is 0.309. The van der Waals surface area contributed by atoms with E-state index in [2.05, 4.69) is 11.9 Å². The summed E-state index contributed by atoms with van der Waals surface area (Å²) in [6, 6.07) is 7.56. The quantitative estimate of drug-likeness (QED) is 0.697. The number of hydrogen-bond donors (Lipinski definition) is 0. The molecule has 0 radical (unpaired) electrons. The average Bonchev–Trinajstić information content (AvgIpc) is 2.52. The van der Waals surface area contributed by atoms with Gasteiger partial charge in [-0.25, -0.2) is 4.39 Å². The predicted molar refractivity (Wildman–Crippen MR) is 55.8 cm³/mol. The van der Waals surface area contributed by atoms with Crippen molar-refractivity contribution in [1.29, 1.82) is 0 Å². The number of halogens is 1. The number of rotatable bonds is 2. The second kappa shape index (κ2) is 4.09. The van der Waals surface area contributed by atoms with Gasteiger partial charge in [0.1, 0.15) is 5.82 Å². The maximum absolute atomic E-state index is 12.9. The Morgan fingerprint density at radius 2 is 2.36 bits per heavy atom. The van der Waals surface area contributed by atoms with E-state index in [1.54, 1.807) is 12.1 Å². The van der Waals surface area contributed by atoms with Gasteiger partial charge in [-0.05, 0) is 50.6 Å². The van der Waals surface area contributed by atoms with E-state index in [4.69, 9.17) is 0 Å². The average molecular weight is 193 g/mol. The van der Waals surface area contributed by atoms with E-state index in [1.807, 2.05) is 6.07 Å². The summed E-state index contributed by atoms with van der Waals surface area (Å²) in [5.41, 5.74) is 1.11. The van der Waals surface area contributed by atoms with Gasteiger partial charge in [-0.15, -0.1) is 0 Å². The van der Waals surface area contributed by atoms with Crippen LogP contribution in [0.3, 0.4) is 0 Å². The Labute approximate surface area is 84.5 Å². The molecule has 1 heterocycles. The highest BCUT2D eigenvalue weighted by atomic mass is 19.1. The molecule has 0 aliphatic carbocycles. The highest BCUT2D eigenvalue weighted by Crippen LogP contribution is 2.19. The van der Waals surface area contributed by atoms with Gasteiger partial charge in [0.2, 0.25) is 0 Å². The molecule has 76 valence electrons. The van der Waals surface area contributed by atoms with Gasteiger partial charge < -0.3 is 4.90 Å². The maximum atomic E-state index is 12.9. The molecule has 1 unspecified atom stereocenters. The largest absolute Gasteiger partial charge is 0.303 e. The lowest BCUT2D eigenvalue weighted by atomic mass is 10.0. The molecule has 0 aromatic heterocycles. The van der Waals surface area contributed by atoms with Crippen molar-refractivity contribution in [3.8, 4) is 0 Å². The van der Waals surface area contributed by atoms with Crippen molar-refractivity contribution in [3.05, 3.63) is 35.6 Å². The van der Waals surface area contributed by atoms with Gasteiger partial charge in [0.05, 0.1) is 0 Å². The molecule has 1 atom stereocenters. The van der Waals surface area contributed by atoms with E-state index in [1.165, 1.54) is 25.5 Å². The zero-order chi connectivity index (χ0) is 9.97. The molecule has 2 heteroatoms. The molecule has 0 spiro atoms. The number of hydrogen-bond acceptors (Lipinski definition) is 1. The fraction of sp³-hybridized carbons (Fsp3) is 0.500. The number of likely N-dealkylation sites (N-methyl/N-ethyl adjacent to an activating group) is 1. The van der Waals surface area contributed by atoms with Crippen LogP contribution >= 0.6 is 0 Å². The molecular formula is C12H16FN. The van der Waals surface area contributed by atoms with Gasteiger partial charge in [0.25, 0.3) is 0 Å². The van der Waals surface area contributed by atoms with E-state index < -0.39 is 0 Å². The molecular weight excluding hydrogens is 177 g/mol. The maximum Gasteiger partial charge on any atom is 0.123 e. The van der Waals surface area contributed by atoms with Crippen molar-refractivity contribution in [2.45, 2.75) is 25.3 Å². The molecule has 1 saturated heterocycles. The van der Waals surface area contributed by atoms with Crippen LogP contribution in [0.5, 0.6) is 0 Å². The summed E-state index contributed by atoms with van der Waals surface area (Å²) in [4.78, 5) is 2.37. The van der Waals surface area contributed by atoms with Crippen molar-refractivity contribution in [3.63, 3.8) is 0 Å². The van der Waals surface area contributed by atoms with Gasteiger partial charge in [-0.3, -0.25) is 0 Å². The summed E-state index contributed by atoms with van der Waals surface area (Å²) >= 11 is 0. The van der Waals surface area contributed by atoms with Gasteiger partial charge in [0, 0.05) is 6.04 Å². The Hall–Kier alpha value is -0.890. The number of benzene rings is 1. The summed E-state index contributed by atoms with van der Waals surface area (Å²) < 4.78 is 12.9. The fourth-order valence-corrected chi connectivity index (χ4v) is 2.17. The van der Waals surface area contributed by atoms with Crippen molar-refractivity contribution >= 4 is 0 Å². The summed E-state index contributed by atoms with van der Waals surface area (Å²) in [7, 11) is 2.15. The summed E-state index contributed by atoms with van der Waals surface area (Å²) in [5.74, 6) is -0.122. The normalized spacial score (nSPS) is 22.9. The third kappa shape index (κ3) is 2.13. The zero-order valence-corrected chi connectivity index (χ0v) is 8.54. The Kier molecular flexibility index (Phi) is 2.82. The molecule has 1 fully saturated rings. The zero-order valence-electron chi connectivity index (χ0n) is 8.54. The monoisotopic (exact) mass is 193 g/mol. The number of nitrogens with zero attached hydrogens (tertiary/aromatic N) is 1. The van der Waals surface area contributed by atoms with Crippen LogP contribution in [-0.4, -0.2) is 24.5 Å². The minimum absolute atomic E-state index is 0.122. The van der Waals surface area contributed by atoms with Gasteiger partial charge in [-0.1, -0.05) is 12.1 Å². The second-order valence-electron chi connectivity index (χ2n) is 4.11. The third-order valence-electron chi connectivity index (χ3n) is 3.03. The van der Waals surface area contributed by atoms with Crippen LogP contribution in [-0.2, 0) is 6.42 Å². The Morgan fingerprint density at radius 1 is 1.50 bits per heavy atom. The smallest absolute Gasteiger partial charge is 0.123 e. The molecule has 1 aliphatic heterocycles. The van der Waals surface area contributed by atoms with Gasteiger partial charge in [-0.2, -0.15) is 0 Å². The molecule has 1 aromatic carbocycles. The SMILES string of the molecule is CN1CCCC1Cc1cccc(F)c1. The molecule has 1 aliphatic rings. The summed E-state index contributed by atoms with van der Waals surface area (Å²) in [6.07, 6.45) is 3.50. The molecule has 0 N–H and O–H groups in total. The van der Waals surface area contributed by atoms with Crippen LogP contribution in [0.15, 0.2) is 24.3 Å². The molecule has 1 nitrogen and oxygen atoms in total. The number of likely N-dealkylation sites (tertiary alicyclic amines) is 1. The first kappa shape index (κ1) is 9.66. The molecule has 0 bridgehead atoms. The molecule has 2 rings (SSSR count).